The highest BCUT2D eigenvalue weighted by molar-refractivity contribution is 7.89. The van der Waals surface area contributed by atoms with E-state index in [0.29, 0.717) is 5.02 Å². The van der Waals surface area contributed by atoms with Crippen LogP contribution in [0.3, 0.4) is 0 Å². The van der Waals surface area contributed by atoms with Crippen LogP contribution in [0.2, 0.25) is 5.02 Å². The lowest BCUT2D eigenvalue weighted by atomic mass is 10.1. The predicted octanol–water partition coefficient (Wildman–Crippen LogP) is 2.65. The summed E-state index contributed by atoms with van der Waals surface area (Å²) in [5.74, 6) is 0. The summed E-state index contributed by atoms with van der Waals surface area (Å²) in [4.78, 5) is 1.60. The van der Waals surface area contributed by atoms with Crippen molar-refractivity contribution < 1.29 is 8.42 Å². The number of benzene rings is 2. The lowest BCUT2D eigenvalue weighted by Crippen LogP contribution is -2.32. The number of aromatic nitrogens is 3. The van der Waals surface area contributed by atoms with Crippen molar-refractivity contribution in [3.05, 3.63) is 77.6 Å². The second kappa shape index (κ2) is 7.12. The summed E-state index contributed by atoms with van der Waals surface area (Å²) < 4.78 is 28.0. The molecule has 0 bridgehead atoms. The van der Waals surface area contributed by atoms with E-state index in [2.05, 4.69) is 14.9 Å². The van der Waals surface area contributed by atoms with Crippen molar-refractivity contribution in [3.63, 3.8) is 0 Å². The Labute approximate surface area is 145 Å². The Morgan fingerprint density at radius 1 is 1.00 bits per heavy atom. The van der Waals surface area contributed by atoms with Crippen LogP contribution in [0.5, 0.6) is 0 Å². The Kier molecular flexibility index (Phi) is 4.94. The van der Waals surface area contributed by atoms with Crippen LogP contribution in [-0.4, -0.2) is 23.4 Å². The lowest BCUT2D eigenvalue weighted by molar-refractivity contribution is 0.444. The van der Waals surface area contributed by atoms with Gasteiger partial charge in [0.2, 0.25) is 10.0 Å². The van der Waals surface area contributed by atoms with Gasteiger partial charge in [0.1, 0.15) is 0 Å². The van der Waals surface area contributed by atoms with Crippen LogP contribution in [0.4, 0.5) is 0 Å². The molecule has 3 rings (SSSR count). The quantitative estimate of drug-likeness (QED) is 0.731. The number of rotatable bonds is 6. The van der Waals surface area contributed by atoms with Crippen LogP contribution < -0.4 is 4.72 Å². The van der Waals surface area contributed by atoms with Crippen molar-refractivity contribution in [3.8, 4) is 0 Å². The molecular formula is C16H15ClN4O2S. The molecule has 124 valence electrons. The van der Waals surface area contributed by atoms with E-state index in [-0.39, 0.29) is 11.4 Å². The molecule has 0 spiro atoms. The van der Waals surface area contributed by atoms with E-state index in [0.717, 1.165) is 5.56 Å². The van der Waals surface area contributed by atoms with Gasteiger partial charge in [-0.05, 0) is 29.8 Å². The first-order chi connectivity index (χ1) is 11.5. The molecule has 0 fully saturated rings. The third-order valence-electron chi connectivity index (χ3n) is 3.44. The van der Waals surface area contributed by atoms with Gasteiger partial charge < -0.3 is 0 Å². The van der Waals surface area contributed by atoms with Gasteiger partial charge >= 0.3 is 0 Å². The highest BCUT2D eigenvalue weighted by Gasteiger charge is 2.22. The van der Waals surface area contributed by atoms with E-state index in [9.17, 15) is 8.42 Å². The molecule has 1 atom stereocenters. The summed E-state index contributed by atoms with van der Waals surface area (Å²) in [5, 5.41) is 8.58. The molecule has 2 aromatic carbocycles. The molecule has 0 aliphatic rings. The van der Waals surface area contributed by atoms with Crippen molar-refractivity contribution in [2.24, 2.45) is 0 Å². The minimum Gasteiger partial charge on any atom is -0.207 e. The van der Waals surface area contributed by atoms with E-state index in [4.69, 9.17) is 11.6 Å². The second-order valence-electron chi connectivity index (χ2n) is 5.12. The van der Waals surface area contributed by atoms with Gasteiger partial charge in [-0.1, -0.05) is 41.9 Å². The summed E-state index contributed by atoms with van der Waals surface area (Å²) in [6.45, 7) is 0.282. The SMILES string of the molecule is O=S(=O)(NC(Cn1nccn1)c1ccccc1)c1ccc(Cl)cc1. The van der Waals surface area contributed by atoms with Gasteiger partial charge in [-0.15, -0.1) is 0 Å². The molecule has 6 nitrogen and oxygen atoms in total. The first kappa shape index (κ1) is 16.6. The molecule has 0 radical (unpaired) electrons. The van der Waals surface area contributed by atoms with Crippen LogP contribution in [-0.2, 0) is 16.6 Å². The van der Waals surface area contributed by atoms with Gasteiger partial charge in [-0.2, -0.15) is 15.0 Å². The smallest absolute Gasteiger partial charge is 0.207 e. The molecule has 24 heavy (non-hydrogen) atoms. The Morgan fingerprint density at radius 2 is 1.62 bits per heavy atom. The topological polar surface area (TPSA) is 76.9 Å². The fraction of sp³-hybridized carbons (Fsp3) is 0.125. The van der Waals surface area contributed by atoms with Crippen LogP contribution in [0.15, 0.2) is 71.9 Å². The van der Waals surface area contributed by atoms with Crippen LogP contribution >= 0.6 is 11.6 Å². The van der Waals surface area contributed by atoms with Gasteiger partial charge in [0.15, 0.2) is 0 Å². The lowest BCUT2D eigenvalue weighted by Gasteiger charge is -2.19. The number of sulfonamides is 1. The summed E-state index contributed by atoms with van der Waals surface area (Å²) in [6, 6.07) is 14.8. The van der Waals surface area contributed by atoms with Gasteiger partial charge in [0, 0.05) is 5.02 Å². The average Bonchev–Trinajstić information content (AvgIpc) is 3.08. The number of nitrogens with zero attached hydrogens (tertiary/aromatic N) is 3. The first-order valence-electron chi connectivity index (χ1n) is 7.21. The third kappa shape index (κ3) is 4.00. The molecule has 0 saturated carbocycles. The van der Waals surface area contributed by atoms with Gasteiger partial charge in [0.25, 0.3) is 0 Å². The highest BCUT2D eigenvalue weighted by atomic mass is 35.5. The monoisotopic (exact) mass is 362 g/mol. The Morgan fingerprint density at radius 3 is 2.25 bits per heavy atom. The molecule has 0 amide bonds. The summed E-state index contributed by atoms with van der Waals surface area (Å²) in [6.07, 6.45) is 3.10. The fourth-order valence-electron chi connectivity index (χ4n) is 2.27. The molecule has 1 unspecified atom stereocenters. The summed E-state index contributed by atoms with van der Waals surface area (Å²) in [5.41, 5.74) is 0.826. The molecule has 1 N–H and O–H groups in total. The van der Waals surface area contributed by atoms with Crippen molar-refractivity contribution in [1.29, 1.82) is 0 Å². The molecular weight excluding hydrogens is 348 g/mol. The van der Waals surface area contributed by atoms with Gasteiger partial charge in [-0.3, -0.25) is 0 Å². The zero-order valence-corrected chi connectivity index (χ0v) is 14.2. The van der Waals surface area contributed by atoms with E-state index >= 15 is 0 Å². The highest BCUT2D eigenvalue weighted by Crippen LogP contribution is 2.20. The first-order valence-corrected chi connectivity index (χ1v) is 9.08. The molecule has 0 aliphatic carbocycles. The molecule has 8 heteroatoms. The van der Waals surface area contributed by atoms with Crippen molar-refractivity contribution in [2.75, 3.05) is 0 Å². The van der Waals surface area contributed by atoms with E-state index < -0.39 is 16.1 Å². The van der Waals surface area contributed by atoms with Crippen molar-refractivity contribution in [1.82, 2.24) is 19.7 Å². The molecule has 1 aromatic heterocycles. The largest absolute Gasteiger partial charge is 0.241 e. The third-order valence-corrected chi connectivity index (χ3v) is 5.18. The maximum absolute atomic E-state index is 12.7. The van der Waals surface area contributed by atoms with Crippen molar-refractivity contribution in [2.45, 2.75) is 17.5 Å². The van der Waals surface area contributed by atoms with Gasteiger partial charge in [0.05, 0.1) is 29.9 Å². The van der Waals surface area contributed by atoms with Crippen LogP contribution in [0.25, 0.3) is 0 Å². The molecule has 3 aromatic rings. The maximum atomic E-state index is 12.7. The maximum Gasteiger partial charge on any atom is 0.241 e. The van der Waals surface area contributed by atoms with Crippen LogP contribution in [0, 0.1) is 0 Å². The normalized spacial score (nSPS) is 12.9. The van der Waals surface area contributed by atoms with E-state index in [1.807, 2.05) is 30.3 Å². The summed E-state index contributed by atoms with van der Waals surface area (Å²) >= 11 is 5.82. The molecule has 1 heterocycles. The number of halogens is 1. The minimum atomic E-state index is -3.71. The number of hydrogen-bond acceptors (Lipinski definition) is 4. The average molecular weight is 363 g/mol. The number of nitrogens with one attached hydrogen (secondary N) is 1. The second-order valence-corrected chi connectivity index (χ2v) is 7.27. The standard InChI is InChI=1S/C16H15ClN4O2S/c17-14-6-8-15(9-7-14)24(22,23)20-16(12-21-18-10-11-19-21)13-4-2-1-3-5-13/h1-11,16,20H,12H2. The minimum absolute atomic E-state index is 0.154. The fourth-order valence-corrected chi connectivity index (χ4v) is 3.61. The molecule has 0 saturated heterocycles. The van der Waals surface area contributed by atoms with Crippen LogP contribution in [0.1, 0.15) is 11.6 Å². The predicted molar refractivity (Wildman–Crippen MR) is 91.0 cm³/mol. The van der Waals surface area contributed by atoms with Gasteiger partial charge in [-0.25, -0.2) is 13.1 Å². The van der Waals surface area contributed by atoms with Crippen molar-refractivity contribution >= 4 is 21.6 Å². The molecule has 0 aliphatic heterocycles. The zero-order chi connectivity index (χ0) is 17.0. The summed E-state index contributed by atoms with van der Waals surface area (Å²) in [7, 11) is -3.71. The Hall–Kier alpha value is -2.22. The number of hydrogen-bond donors (Lipinski definition) is 1. The Bertz CT molecular complexity index is 882. The van der Waals surface area contributed by atoms with E-state index in [1.54, 1.807) is 24.5 Å². The Balaban J connectivity index is 1.89. The van der Waals surface area contributed by atoms with E-state index in [1.165, 1.54) is 16.9 Å². The zero-order valence-electron chi connectivity index (χ0n) is 12.6.